The summed E-state index contributed by atoms with van der Waals surface area (Å²) in [5, 5.41) is 15.7. The van der Waals surface area contributed by atoms with E-state index in [1.54, 1.807) is 18.3 Å². The highest BCUT2D eigenvalue weighted by Gasteiger charge is 2.32. The maximum atomic E-state index is 12.2. The summed E-state index contributed by atoms with van der Waals surface area (Å²) in [6.07, 6.45) is 1.77. The van der Waals surface area contributed by atoms with E-state index in [-0.39, 0.29) is 5.63 Å². The molecule has 2 aromatic carbocycles. The van der Waals surface area contributed by atoms with Gasteiger partial charge in [0.05, 0.1) is 5.69 Å². The number of carboxylic acid groups (broad SMARTS) is 1. The molecule has 1 aliphatic rings. The highest BCUT2D eigenvalue weighted by Crippen LogP contribution is 2.31. The molecule has 9 heteroatoms. The van der Waals surface area contributed by atoms with E-state index >= 15 is 0 Å². The van der Waals surface area contributed by atoms with Crippen molar-refractivity contribution >= 4 is 45.1 Å². The maximum absolute atomic E-state index is 12.2. The van der Waals surface area contributed by atoms with Crippen LogP contribution in [0, 0.1) is 0 Å². The summed E-state index contributed by atoms with van der Waals surface area (Å²) in [5.41, 5.74) is 2.53. The molecule has 1 unspecified atom stereocenters. The molecule has 0 amide bonds. The first-order valence-corrected chi connectivity index (χ1v) is 11.6. The molecule has 176 valence electrons. The minimum Gasteiger partial charge on any atom is -0.480 e. The molecular formula is C25H25ClN4O4. The van der Waals surface area contributed by atoms with Gasteiger partial charge in [-0.1, -0.05) is 29.8 Å². The second-order valence-electron chi connectivity index (χ2n) is 8.45. The van der Waals surface area contributed by atoms with Crippen molar-refractivity contribution in [3.8, 4) is 0 Å². The number of para-hydroxylation sites is 1. The first kappa shape index (κ1) is 22.5. The lowest BCUT2D eigenvalue weighted by atomic mass is 10.0. The second-order valence-corrected chi connectivity index (χ2v) is 8.89. The highest BCUT2D eigenvalue weighted by atomic mass is 35.5. The number of piperazine rings is 1. The van der Waals surface area contributed by atoms with Crippen molar-refractivity contribution in [2.45, 2.75) is 6.04 Å². The normalized spacial score (nSPS) is 16.1. The number of carbonyl (C=O) groups is 1. The molecule has 0 saturated carbocycles. The molecule has 8 nitrogen and oxygen atoms in total. The van der Waals surface area contributed by atoms with Crippen LogP contribution in [0.4, 0.5) is 5.69 Å². The number of nitrogens with one attached hydrogen (secondary N) is 2. The van der Waals surface area contributed by atoms with Crippen LogP contribution in [0.5, 0.6) is 0 Å². The first-order chi connectivity index (χ1) is 16.5. The van der Waals surface area contributed by atoms with E-state index in [9.17, 15) is 14.7 Å². The van der Waals surface area contributed by atoms with Crippen LogP contribution in [0.1, 0.15) is 11.6 Å². The number of rotatable bonds is 7. The zero-order chi connectivity index (χ0) is 23.7. The largest absolute Gasteiger partial charge is 0.480 e. The van der Waals surface area contributed by atoms with Crippen LogP contribution >= 0.6 is 11.6 Å². The van der Waals surface area contributed by atoms with Gasteiger partial charge >= 0.3 is 11.6 Å². The third-order valence-corrected chi connectivity index (χ3v) is 6.60. The summed E-state index contributed by atoms with van der Waals surface area (Å²) >= 11 is 6.07. The molecule has 0 aliphatic carbocycles. The molecule has 1 aliphatic heterocycles. The lowest BCUT2D eigenvalue weighted by Gasteiger charge is -2.37. The van der Waals surface area contributed by atoms with E-state index in [0.717, 1.165) is 47.2 Å². The van der Waals surface area contributed by atoms with Gasteiger partial charge in [0, 0.05) is 78.4 Å². The van der Waals surface area contributed by atoms with E-state index in [1.165, 1.54) is 6.07 Å². The Morgan fingerprint density at radius 1 is 1.12 bits per heavy atom. The van der Waals surface area contributed by atoms with Gasteiger partial charge in [0.15, 0.2) is 0 Å². The van der Waals surface area contributed by atoms with Gasteiger partial charge in [-0.25, -0.2) is 4.79 Å². The van der Waals surface area contributed by atoms with Crippen LogP contribution in [0.2, 0.25) is 5.02 Å². The number of H-pyrrole nitrogens is 1. The fourth-order valence-corrected chi connectivity index (χ4v) is 4.86. The number of carboxylic acids is 1. The fraction of sp³-hybridized carbons (Fsp3) is 0.280. The van der Waals surface area contributed by atoms with Crippen molar-refractivity contribution in [1.82, 2.24) is 14.8 Å². The lowest BCUT2D eigenvalue weighted by molar-refractivity contribution is -0.144. The number of benzene rings is 2. The Bertz CT molecular complexity index is 1390. The molecule has 4 aromatic rings. The molecule has 0 radical (unpaired) electrons. The van der Waals surface area contributed by atoms with Crippen LogP contribution in [0.15, 0.2) is 63.9 Å². The van der Waals surface area contributed by atoms with Crippen molar-refractivity contribution in [1.29, 1.82) is 0 Å². The van der Waals surface area contributed by atoms with E-state index < -0.39 is 12.0 Å². The van der Waals surface area contributed by atoms with Crippen molar-refractivity contribution in [2.75, 3.05) is 44.6 Å². The Morgan fingerprint density at radius 2 is 1.91 bits per heavy atom. The Labute approximate surface area is 200 Å². The number of nitrogens with zero attached hydrogens (tertiary/aromatic N) is 2. The summed E-state index contributed by atoms with van der Waals surface area (Å²) in [6.45, 7) is 4.27. The van der Waals surface area contributed by atoms with Crippen molar-refractivity contribution in [3.63, 3.8) is 0 Å². The number of aromatic nitrogens is 1. The Morgan fingerprint density at radius 3 is 2.71 bits per heavy atom. The molecule has 1 atom stereocenters. The molecule has 3 N–H and O–H groups in total. The number of hydrogen-bond donors (Lipinski definition) is 3. The van der Waals surface area contributed by atoms with Crippen LogP contribution in [0.3, 0.4) is 0 Å². The lowest BCUT2D eigenvalue weighted by Crippen LogP contribution is -2.50. The van der Waals surface area contributed by atoms with Gasteiger partial charge < -0.3 is 19.8 Å². The number of aromatic amines is 1. The van der Waals surface area contributed by atoms with E-state index in [2.05, 4.69) is 15.2 Å². The standard InChI is InChI=1S/C25H25ClN4O4/c26-16-5-6-17-19(15-28-20(17)13-16)24(25(32)33)30-11-9-29(10-12-30)8-7-27-21-14-23(31)34-22-4-2-1-3-18(21)22/h1-6,13-15,24,27-28H,7-12H2,(H,32,33). The molecule has 0 spiro atoms. The van der Waals surface area contributed by atoms with Gasteiger partial charge in [0.2, 0.25) is 0 Å². The number of hydrogen-bond acceptors (Lipinski definition) is 6. The number of fused-ring (bicyclic) bond motifs is 2. The Hall–Kier alpha value is -3.33. The van der Waals surface area contributed by atoms with Crippen molar-refractivity contribution in [3.05, 3.63) is 75.7 Å². The van der Waals surface area contributed by atoms with Gasteiger partial charge in [-0.2, -0.15) is 0 Å². The minimum atomic E-state index is -0.860. The Kier molecular flexibility index (Phi) is 6.28. The molecule has 1 fully saturated rings. The minimum absolute atomic E-state index is 0.380. The second kappa shape index (κ2) is 9.50. The molecule has 5 rings (SSSR count). The van der Waals surface area contributed by atoms with Crippen LogP contribution < -0.4 is 10.9 Å². The monoisotopic (exact) mass is 480 g/mol. The SMILES string of the molecule is O=C(O)C(c1c[nH]c2cc(Cl)ccc12)N1CCN(CCNc2cc(=O)oc3ccccc23)CC1. The quantitative estimate of drug-likeness (QED) is 0.346. The molecule has 0 bridgehead atoms. The van der Waals surface area contributed by atoms with Gasteiger partial charge in [0.1, 0.15) is 11.6 Å². The summed E-state index contributed by atoms with van der Waals surface area (Å²) in [7, 11) is 0. The molecule has 2 aromatic heterocycles. The molecule has 1 saturated heterocycles. The Balaban J connectivity index is 1.21. The van der Waals surface area contributed by atoms with Crippen molar-refractivity contribution in [2.24, 2.45) is 0 Å². The third kappa shape index (κ3) is 4.52. The van der Waals surface area contributed by atoms with E-state index in [0.29, 0.717) is 30.2 Å². The van der Waals surface area contributed by atoms with Gasteiger partial charge in [-0.3, -0.25) is 14.6 Å². The average Bonchev–Trinajstić information content (AvgIpc) is 3.22. The average molecular weight is 481 g/mol. The van der Waals surface area contributed by atoms with E-state index in [4.69, 9.17) is 16.0 Å². The summed E-state index contributed by atoms with van der Waals surface area (Å²) in [6, 6.07) is 13.7. The molecule has 34 heavy (non-hydrogen) atoms. The molecular weight excluding hydrogens is 456 g/mol. The number of aliphatic carboxylic acids is 1. The van der Waals surface area contributed by atoms with Crippen LogP contribution in [-0.4, -0.2) is 65.1 Å². The topological polar surface area (TPSA) is 102 Å². The number of anilines is 1. The summed E-state index contributed by atoms with van der Waals surface area (Å²) in [5.74, 6) is -0.860. The van der Waals surface area contributed by atoms with Crippen LogP contribution in [-0.2, 0) is 4.79 Å². The zero-order valence-corrected chi connectivity index (χ0v) is 19.2. The van der Waals surface area contributed by atoms with Crippen LogP contribution in [0.25, 0.3) is 21.9 Å². The fourth-order valence-electron chi connectivity index (χ4n) is 4.68. The first-order valence-electron chi connectivity index (χ1n) is 11.2. The van der Waals surface area contributed by atoms with E-state index in [1.807, 2.05) is 35.2 Å². The number of halogens is 1. The smallest absolute Gasteiger partial charge is 0.338 e. The summed E-state index contributed by atoms with van der Waals surface area (Å²) < 4.78 is 5.25. The highest BCUT2D eigenvalue weighted by molar-refractivity contribution is 6.31. The summed E-state index contributed by atoms with van der Waals surface area (Å²) in [4.78, 5) is 31.5. The third-order valence-electron chi connectivity index (χ3n) is 6.37. The molecule has 3 heterocycles. The zero-order valence-electron chi connectivity index (χ0n) is 18.5. The maximum Gasteiger partial charge on any atom is 0.338 e. The van der Waals surface area contributed by atoms with Gasteiger partial charge in [-0.05, 0) is 24.3 Å². The predicted molar refractivity (Wildman–Crippen MR) is 133 cm³/mol. The predicted octanol–water partition coefficient (Wildman–Crippen LogP) is 3.78. The van der Waals surface area contributed by atoms with Gasteiger partial charge in [-0.15, -0.1) is 0 Å². The van der Waals surface area contributed by atoms with Crippen molar-refractivity contribution < 1.29 is 14.3 Å². The van der Waals surface area contributed by atoms with Gasteiger partial charge in [0.25, 0.3) is 0 Å².